The zero-order chi connectivity index (χ0) is 18.7. The van der Waals surface area contributed by atoms with Gasteiger partial charge in [0.15, 0.2) is 11.6 Å². The van der Waals surface area contributed by atoms with Crippen molar-refractivity contribution in [3.05, 3.63) is 71.4 Å². The Morgan fingerprint density at radius 3 is 2.38 bits per heavy atom. The molecule has 0 fully saturated rings. The highest BCUT2D eigenvalue weighted by atomic mass is 16.4. The Kier molecular flexibility index (Phi) is 4.98. The summed E-state index contributed by atoms with van der Waals surface area (Å²) in [7, 11) is 0. The van der Waals surface area contributed by atoms with Crippen LogP contribution in [0.4, 0.5) is 11.5 Å². The third-order valence-corrected chi connectivity index (χ3v) is 4.16. The van der Waals surface area contributed by atoms with Gasteiger partial charge in [-0.15, -0.1) is 0 Å². The number of nitrogens with zero attached hydrogens (tertiary/aromatic N) is 3. The monoisotopic (exact) mass is 347 g/mol. The SMILES string of the molecule is CCN(c1cccc(C)c1)c1nc(-c2cccc(C)c2)ncc1C(=O)O. The maximum atomic E-state index is 11.7. The van der Waals surface area contributed by atoms with E-state index in [2.05, 4.69) is 9.97 Å². The van der Waals surface area contributed by atoms with Crippen molar-refractivity contribution in [1.29, 1.82) is 0 Å². The lowest BCUT2D eigenvalue weighted by Crippen LogP contribution is -2.21. The van der Waals surface area contributed by atoms with Gasteiger partial charge in [-0.2, -0.15) is 0 Å². The Labute approximate surface area is 153 Å². The summed E-state index contributed by atoms with van der Waals surface area (Å²) < 4.78 is 0. The molecular weight excluding hydrogens is 326 g/mol. The summed E-state index contributed by atoms with van der Waals surface area (Å²) in [5.41, 5.74) is 4.06. The van der Waals surface area contributed by atoms with E-state index in [-0.39, 0.29) is 5.56 Å². The minimum atomic E-state index is -1.04. The van der Waals surface area contributed by atoms with Crippen LogP contribution < -0.4 is 4.90 Å². The maximum absolute atomic E-state index is 11.7. The average molecular weight is 347 g/mol. The molecule has 26 heavy (non-hydrogen) atoms. The molecule has 1 N–H and O–H groups in total. The molecule has 3 rings (SSSR count). The van der Waals surface area contributed by atoms with E-state index in [9.17, 15) is 9.90 Å². The molecule has 0 saturated carbocycles. The smallest absolute Gasteiger partial charge is 0.341 e. The van der Waals surface area contributed by atoms with Crippen LogP contribution >= 0.6 is 0 Å². The van der Waals surface area contributed by atoms with Gasteiger partial charge < -0.3 is 10.0 Å². The normalized spacial score (nSPS) is 10.6. The van der Waals surface area contributed by atoms with E-state index < -0.39 is 5.97 Å². The lowest BCUT2D eigenvalue weighted by atomic mass is 10.1. The second kappa shape index (κ2) is 7.35. The van der Waals surface area contributed by atoms with Crippen molar-refractivity contribution in [2.75, 3.05) is 11.4 Å². The summed E-state index contributed by atoms with van der Waals surface area (Å²) in [4.78, 5) is 22.5. The van der Waals surface area contributed by atoms with Crippen LogP contribution in [0.25, 0.3) is 11.4 Å². The van der Waals surface area contributed by atoms with Crippen molar-refractivity contribution < 1.29 is 9.90 Å². The number of hydrogen-bond donors (Lipinski definition) is 1. The molecule has 0 spiro atoms. The number of carboxylic acids is 1. The van der Waals surface area contributed by atoms with Crippen LogP contribution in [0.3, 0.4) is 0 Å². The zero-order valence-corrected chi connectivity index (χ0v) is 15.1. The molecule has 132 valence electrons. The Morgan fingerprint density at radius 1 is 1.08 bits per heavy atom. The first-order valence-electron chi connectivity index (χ1n) is 8.51. The molecule has 1 heterocycles. The number of hydrogen-bond acceptors (Lipinski definition) is 4. The highest BCUT2D eigenvalue weighted by Gasteiger charge is 2.20. The van der Waals surface area contributed by atoms with Gasteiger partial charge in [0.25, 0.3) is 0 Å². The van der Waals surface area contributed by atoms with Crippen LogP contribution in [-0.4, -0.2) is 27.6 Å². The third-order valence-electron chi connectivity index (χ3n) is 4.16. The second-order valence-electron chi connectivity index (χ2n) is 6.19. The largest absolute Gasteiger partial charge is 0.477 e. The van der Waals surface area contributed by atoms with Gasteiger partial charge in [0, 0.05) is 24.0 Å². The molecule has 3 aromatic rings. The molecule has 0 saturated heterocycles. The van der Waals surface area contributed by atoms with E-state index in [4.69, 9.17) is 0 Å². The summed E-state index contributed by atoms with van der Waals surface area (Å²) in [5.74, 6) is -0.126. The van der Waals surface area contributed by atoms with Crippen molar-refractivity contribution in [1.82, 2.24) is 9.97 Å². The fourth-order valence-corrected chi connectivity index (χ4v) is 2.90. The first-order valence-corrected chi connectivity index (χ1v) is 8.51. The minimum absolute atomic E-state index is 0.0877. The van der Waals surface area contributed by atoms with Crippen LogP contribution in [0.2, 0.25) is 0 Å². The highest BCUT2D eigenvalue weighted by molar-refractivity contribution is 5.94. The van der Waals surface area contributed by atoms with Crippen molar-refractivity contribution in [3.63, 3.8) is 0 Å². The van der Waals surface area contributed by atoms with Gasteiger partial charge in [0.2, 0.25) is 0 Å². The molecule has 2 aromatic carbocycles. The van der Waals surface area contributed by atoms with E-state index in [1.54, 1.807) is 0 Å². The molecule has 0 aliphatic heterocycles. The van der Waals surface area contributed by atoms with Gasteiger partial charge in [-0.25, -0.2) is 14.8 Å². The molecule has 0 aliphatic rings. The summed E-state index contributed by atoms with van der Waals surface area (Å²) >= 11 is 0. The fraction of sp³-hybridized carbons (Fsp3) is 0.190. The molecule has 5 heteroatoms. The van der Waals surface area contributed by atoms with Gasteiger partial charge in [0.1, 0.15) is 5.56 Å². The standard InChI is InChI=1S/C21H21N3O2/c1-4-24(17-10-6-8-15(3)12-17)20-18(21(25)26)13-22-19(23-20)16-9-5-7-14(2)11-16/h5-13H,4H2,1-3H3,(H,25,26). The number of anilines is 2. The maximum Gasteiger partial charge on any atom is 0.341 e. The topological polar surface area (TPSA) is 66.3 Å². The fourth-order valence-electron chi connectivity index (χ4n) is 2.90. The lowest BCUT2D eigenvalue weighted by molar-refractivity contribution is 0.0697. The number of aromatic carboxylic acids is 1. The summed E-state index contributed by atoms with van der Waals surface area (Å²) in [5, 5.41) is 9.61. The first-order chi connectivity index (χ1) is 12.5. The van der Waals surface area contributed by atoms with Crippen molar-refractivity contribution >= 4 is 17.5 Å². The minimum Gasteiger partial charge on any atom is -0.477 e. The van der Waals surface area contributed by atoms with E-state index in [0.717, 1.165) is 22.4 Å². The van der Waals surface area contributed by atoms with Crippen molar-refractivity contribution in [2.45, 2.75) is 20.8 Å². The molecular formula is C21H21N3O2. The van der Waals surface area contributed by atoms with Gasteiger partial charge in [-0.05, 0) is 44.5 Å². The summed E-state index contributed by atoms with van der Waals surface area (Å²) in [6, 6.07) is 15.8. The van der Waals surface area contributed by atoms with Gasteiger partial charge in [0.05, 0.1) is 0 Å². The lowest BCUT2D eigenvalue weighted by Gasteiger charge is -2.24. The average Bonchev–Trinajstić information content (AvgIpc) is 2.62. The van der Waals surface area contributed by atoms with Crippen LogP contribution in [0, 0.1) is 13.8 Å². The Hall–Kier alpha value is -3.21. The number of rotatable bonds is 5. The molecule has 0 amide bonds. The Bertz CT molecular complexity index is 953. The van der Waals surface area contributed by atoms with E-state index >= 15 is 0 Å². The van der Waals surface area contributed by atoms with Crippen molar-refractivity contribution in [2.24, 2.45) is 0 Å². The molecule has 0 aliphatic carbocycles. The predicted molar refractivity (Wildman–Crippen MR) is 103 cm³/mol. The predicted octanol–water partition coefficient (Wildman–Crippen LogP) is 4.62. The van der Waals surface area contributed by atoms with Gasteiger partial charge in [-0.3, -0.25) is 0 Å². The van der Waals surface area contributed by atoms with E-state index in [1.807, 2.05) is 74.2 Å². The summed E-state index contributed by atoms with van der Waals surface area (Å²) in [6.45, 7) is 6.57. The number of aromatic nitrogens is 2. The van der Waals surface area contributed by atoms with E-state index in [1.165, 1.54) is 6.20 Å². The Balaban J connectivity index is 2.16. The molecule has 0 unspecified atom stereocenters. The van der Waals surface area contributed by atoms with Crippen LogP contribution in [0.5, 0.6) is 0 Å². The number of carbonyl (C=O) groups is 1. The molecule has 0 atom stereocenters. The molecule has 5 nitrogen and oxygen atoms in total. The van der Waals surface area contributed by atoms with Crippen LogP contribution in [-0.2, 0) is 0 Å². The van der Waals surface area contributed by atoms with Crippen LogP contribution in [0.15, 0.2) is 54.7 Å². The van der Waals surface area contributed by atoms with Gasteiger partial charge >= 0.3 is 5.97 Å². The molecule has 0 radical (unpaired) electrons. The molecule has 0 bridgehead atoms. The summed E-state index contributed by atoms with van der Waals surface area (Å²) in [6.07, 6.45) is 1.39. The second-order valence-corrected chi connectivity index (χ2v) is 6.19. The highest BCUT2D eigenvalue weighted by Crippen LogP contribution is 2.29. The zero-order valence-electron chi connectivity index (χ0n) is 15.1. The molecule has 1 aromatic heterocycles. The van der Waals surface area contributed by atoms with Crippen molar-refractivity contribution in [3.8, 4) is 11.4 Å². The number of aryl methyl sites for hydroxylation is 2. The number of benzene rings is 2. The first kappa shape index (κ1) is 17.6. The third kappa shape index (κ3) is 3.57. The van der Waals surface area contributed by atoms with Crippen LogP contribution in [0.1, 0.15) is 28.4 Å². The van der Waals surface area contributed by atoms with Gasteiger partial charge in [-0.1, -0.05) is 35.9 Å². The Morgan fingerprint density at radius 2 is 1.77 bits per heavy atom. The van der Waals surface area contributed by atoms with E-state index in [0.29, 0.717) is 18.2 Å². The quantitative estimate of drug-likeness (QED) is 0.730. The number of carboxylic acid groups (broad SMARTS) is 1.